The second kappa shape index (κ2) is 5.06. The SMILES string of the molecule is CC(Nc1ccc(C(C)(C)C)cn1)c1nccs1. The lowest BCUT2D eigenvalue weighted by atomic mass is 9.88. The molecule has 0 amide bonds. The lowest BCUT2D eigenvalue weighted by Crippen LogP contribution is -2.12. The highest BCUT2D eigenvalue weighted by atomic mass is 32.1. The van der Waals surface area contributed by atoms with E-state index in [1.54, 1.807) is 11.3 Å². The number of nitrogens with zero attached hydrogens (tertiary/aromatic N) is 2. The molecule has 96 valence electrons. The Labute approximate surface area is 112 Å². The molecule has 2 rings (SSSR count). The Bertz CT molecular complexity index is 483. The second-order valence-corrected chi connectivity index (χ2v) is 6.34. The molecule has 0 radical (unpaired) electrons. The van der Waals surface area contributed by atoms with Crippen molar-refractivity contribution in [1.29, 1.82) is 0 Å². The molecular weight excluding hydrogens is 242 g/mol. The molecule has 4 heteroatoms. The third-order valence-electron chi connectivity index (χ3n) is 2.82. The summed E-state index contributed by atoms with van der Waals surface area (Å²) in [6.07, 6.45) is 3.77. The van der Waals surface area contributed by atoms with Gasteiger partial charge in [-0.25, -0.2) is 9.97 Å². The van der Waals surface area contributed by atoms with Crippen molar-refractivity contribution in [2.24, 2.45) is 0 Å². The molecular formula is C14H19N3S. The molecule has 2 heterocycles. The van der Waals surface area contributed by atoms with E-state index in [2.05, 4.69) is 49.0 Å². The maximum atomic E-state index is 4.46. The molecule has 3 nitrogen and oxygen atoms in total. The number of pyridine rings is 1. The van der Waals surface area contributed by atoms with Crippen molar-refractivity contribution < 1.29 is 0 Å². The van der Waals surface area contributed by atoms with Crippen LogP contribution in [0.2, 0.25) is 0 Å². The van der Waals surface area contributed by atoms with E-state index in [4.69, 9.17) is 0 Å². The van der Waals surface area contributed by atoms with E-state index >= 15 is 0 Å². The third kappa shape index (κ3) is 3.07. The lowest BCUT2D eigenvalue weighted by Gasteiger charge is -2.19. The van der Waals surface area contributed by atoms with Gasteiger partial charge in [-0.05, 0) is 24.0 Å². The zero-order valence-corrected chi connectivity index (χ0v) is 12.1. The molecule has 0 aliphatic rings. The average molecular weight is 261 g/mol. The van der Waals surface area contributed by atoms with Crippen LogP contribution in [0.15, 0.2) is 29.9 Å². The minimum absolute atomic E-state index is 0.145. The van der Waals surface area contributed by atoms with E-state index < -0.39 is 0 Å². The van der Waals surface area contributed by atoms with Crippen LogP contribution in [-0.4, -0.2) is 9.97 Å². The average Bonchev–Trinajstić information content (AvgIpc) is 2.82. The van der Waals surface area contributed by atoms with Crippen LogP contribution in [0.3, 0.4) is 0 Å². The van der Waals surface area contributed by atoms with Crippen molar-refractivity contribution >= 4 is 17.2 Å². The Hall–Kier alpha value is -1.42. The van der Waals surface area contributed by atoms with E-state index in [1.165, 1.54) is 5.56 Å². The summed E-state index contributed by atoms with van der Waals surface area (Å²) in [5.74, 6) is 0.894. The maximum Gasteiger partial charge on any atom is 0.126 e. The number of hydrogen-bond donors (Lipinski definition) is 1. The van der Waals surface area contributed by atoms with Crippen molar-refractivity contribution in [2.75, 3.05) is 5.32 Å². The Balaban J connectivity index is 2.07. The molecule has 0 aliphatic heterocycles. The highest BCUT2D eigenvalue weighted by Gasteiger charge is 2.14. The zero-order valence-electron chi connectivity index (χ0n) is 11.3. The highest BCUT2D eigenvalue weighted by molar-refractivity contribution is 7.09. The van der Waals surface area contributed by atoms with Crippen LogP contribution >= 0.6 is 11.3 Å². The van der Waals surface area contributed by atoms with Gasteiger partial charge in [0.25, 0.3) is 0 Å². The minimum Gasteiger partial charge on any atom is -0.361 e. The van der Waals surface area contributed by atoms with E-state index in [-0.39, 0.29) is 11.5 Å². The van der Waals surface area contributed by atoms with E-state index in [9.17, 15) is 0 Å². The number of aromatic nitrogens is 2. The van der Waals surface area contributed by atoms with Gasteiger partial charge in [0.2, 0.25) is 0 Å². The van der Waals surface area contributed by atoms with Crippen molar-refractivity contribution in [3.05, 3.63) is 40.5 Å². The van der Waals surface area contributed by atoms with Gasteiger partial charge in [0.1, 0.15) is 10.8 Å². The van der Waals surface area contributed by atoms with Crippen LogP contribution in [0.5, 0.6) is 0 Å². The fraction of sp³-hybridized carbons (Fsp3) is 0.429. The number of rotatable bonds is 3. The van der Waals surface area contributed by atoms with Crippen molar-refractivity contribution in [3.63, 3.8) is 0 Å². The second-order valence-electron chi connectivity index (χ2n) is 5.42. The van der Waals surface area contributed by atoms with Gasteiger partial charge in [-0.1, -0.05) is 26.8 Å². The molecule has 0 saturated carbocycles. The summed E-state index contributed by atoms with van der Waals surface area (Å²) < 4.78 is 0. The van der Waals surface area contributed by atoms with Crippen LogP contribution in [0.25, 0.3) is 0 Å². The molecule has 0 aliphatic carbocycles. The molecule has 0 bridgehead atoms. The summed E-state index contributed by atoms with van der Waals surface area (Å²) >= 11 is 1.66. The van der Waals surface area contributed by atoms with Gasteiger partial charge in [0.05, 0.1) is 6.04 Å². The predicted molar refractivity (Wildman–Crippen MR) is 77.1 cm³/mol. The van der Waals surface area contributed by atoms with Gasteiger partial charge in [-0.2, -0.15) is 0 Å². The summed E-state index contributed by atoms with van der Waals surface area (Å²) in [7, 11) is 0. The van der Waals surface area contributed by atoms with Gasteiger partial charge in [0.15, 0.2) is 0 Å². The summed E-state index contributed by atoms with van der Waals surface area (Å²) in [4.78, 5) is 8.76. The molecule has 18 heavy (non-hydrogen) atoms. The highest BCUT2D eigenvalue weighted by Crippen LogP contribution is 2.24. The van der Waals surface area contributed by atoms with Crippen LogP contribution in [-0.2, 0) is 5.41 Å². The van der Waals surface area contributed by atoms with Gasteiger partial charge >= 0.3 is 0 Å². The molecule has 1 N–H and O–H groups in total. The Morgan fingerprint density at radius 3 is 2.50 bits per heavy atom. The number of thiazole rings is 1. The topological polar surface area (TPSA) is 37.8 Å². The monoisotopic (exact) mass is 261 g/mol. The van der Waals surface area contributed by atoms with E-state index in [1.807, 2.05) is 23.8 Å². The normalized spacial score (nSPS) is 13.3. The maximum absolute atomic E-state index is 4.46. The predicted octanol–water partition coefficient (Wildman–Crippen LogP) is 4.01. The molecule has 0 spiro atoms. The number of hydrogen-bond acceptors (Lipinski definition) is 4. The standard InChI is InChI=1S/C14H19N3S/c1-10(13-15-7-8-18-13)17-12-6-5-11(9-16-12)14(2,3)4/h5-10H,1-4H3,(H,16,17). The molecule has 1 unspecified atom stereocenters. The van der Waals surface area contributed by atoms with Gasteiger partial charge in [0, 0.05) is 17.8 Å². The van der Waals surface area contributed by atoms with Crippen molar-refractivity contribution in [1.82, 2.24) is 9.97 Å². The molecule has 2 aromatic heterocycles. The molecule has 0 fully saturated rings. The summed E-state index contributed by atoms with van der Waals surface area (Å²) in [6.45, 7) is 8.66. The van der Waals surface area contributed by atoms with Gasteiger partial charge < -0.3 is 5.32 Å². The fourth-order valence-electron chi connectivity index (χ4n) is 1.65. The van der Waals surface area contributed by atoms with Crippen molar-refractivity contribution in [3.8, 4) is 0 Å². The van der Waals surface area contributed by atoms with Crippen LogP contribution in [0.4, 0.5) is 5.82 Å². The fourth-order valence-corrected chi connectivity index (χ4v) is 2.30. The Kier molecular flexibility index (Phi) is 3.66. The summed E-state index contributed by atoms with van der Waals surface area (Å²) in [5, 5.41) is 6.43. The molecule has 0 saturated heterocycles. The first-order chi connectivity index (χ1) is 8.47. The summed E-state index contributed by atoms with van der Waals surface area (Å²) in [5.41, 5.74) is 1.39. The minimum atomic E-state index is 0.145. The Morgan fingerprint density at radius 1 is 1.22 bits per heavy atom. The smallest absolute Gasteiger partial charge is 0.126 e. The van der Waals surface area contributed by atoms with E-state index in [0.29, 0.717) is 0 Å². The first-order valence-corrected chi connectivity index (χ1v) is 6.97. The van der Waals surface area contributed by atoms with Crippen LogP contribution in [0.1, 0.15) is 44.3 Å². The molecule has 0 aromatic carbocycles. The van der Waals surface area contributed by atoms with E-state index in [0.717, 1.165) is 10.8 Å². The lowest BCUT2D eigenvalue weighted by molar-refractivity contribution is 0.587. The largest absolute Gasteiger partial charge is 0.361 e. The quantitative estimate of drug-likeness (QED) is 0.907. The zero-order chi connectivity index (χ0) is 13.2. The first-order valence-electron chi connectivity index (χ1n) is 6.09. The first kappa shape index (κ1) is 13.0. The van der Waals surface area contributed by atoms with Crippen molar-refractivity contribution in [2.45, 2.75) is 39.2 Å². The number of nitrogens with one attached hydrogen (secondary N) is 1. The van der Waals surface area contributed by atoms with Crippen LogP contribution in [0, 0.1) is 0 Å². The van der Waals surface area contributed by atoms with Crippen LogP contribution < -0.4 is 5.32 Å². The molecule has 2 aromatic rings. The van der Waals surface area contributed by atoms with Gasteiger partial charge in [-0.3, -0.25) is 0 Å². The van der Waals surface area contributed by atoms with Gasteiger partial charge in [-0.15, -0.1) is 11.3 Å². The molecule has 1 atom stereocenters. The Morgan fingerprint density at radius 2 is 2.00 bits per heavy atom. The third-order valence-corrected chi connectivity index (χ3v) is 3.77. The summed E-state index contributed by atoms with van der Waals surface area (Å²) in [6, 6.07) is 4.35. The number of anilines is 1.